The summed E-state index contributed by atoms with van der Waals surface area (Å²) in [5.74, 6) is 0.823. The van der Waals surface area contributed by atoms with Crippen LogP contribution in [0.2, 0.25) is 0 Å². The Morgan fingerprint density at radius 3 is 2.30 bits per heavy atom. The number of benzene rings is 2. The van der Waals surface area contributed by atoms with Crippen LogP contribution >= 0.6 is 0 Å². The number of phenols is 1. The molecule has 2 aromatic rings. The van der Waals surface area contributed by atoms with E-state index in [1.54, 1.807) is 36.4 Å². The van der Waals surface area contributed by atoms with Crippen molar-refractivity contribution in [1.29, 1.82) is 0 Å². The molecule has 0 saturated carbocycles. The van der Waals surface area contributed by atoms with Gasteiger partial charge in [-0.2, -0.15) is 0 Å². The lowest BCUT2D eigenvalue weighted by molar-refractivity contribution is 0.104. The van der Waals surface area contributed by atoms with E-state index in [-0.39, 0.29) is 17.3 Å². The highest BCUT2D eigenvalue weighted by atomic mass is 16.5. The van der Waals surface area contributed by atoms with Crippen molar-refractivity contribution in [3.63, 3.8) is 0 Å². The topological polar surface area (TPSA) is 65.0 Å². The van der Waals surface area contributed by atoms with E-state index in [1.807, 2.05) is 0 Å². The smallest absolute Gasteiger partial charge is 0.203 e. The minimum atomic E-state index is -0.225. The molecule has 0 aliphatic rings. The van der Waals surface area contributed by atoms with Gasteiger partial charge in [0.05, 0.1) is 26.9 Å². The fraction of sp³-hybridized carbons (Fsp3) is 0.167. The third kappa shape index (κ3) is 3.45. The maximum atomic E-state index is 12.3. The van der Waals surface area contributed by atoms with E-state index in [9.17, 15) is 9.90 Å². The molecule has 0 atom stereocenters. The van der Waals surface area contributed by atoms with Crippen molar-refractivity contribution in [2.45, 2.75) is 0 Å². The number of phenolic OH excluding ortho intramolecular Hbond substituents is 1. The molecular formula is C18H18O5. The molecule has 23 heavy (non-hydrogen) atoms. The Kier molecular flexibility index (Phi) is 5.25. The van der Waals surface area contributed by atoms with Crippen molar-refractivity contribution >= 4 is 11.9 Å². The molecule has 0 aromatic heterocycles. The third-order valence-corrected chi connectivity index (χ3v) is 3.34. The van der Waals surface area contributed by atoms with Crippen LogP contribution in [0, 0.1) is 0 Å². The summed E-state index contributed by atoms with van der Waals surface area (Å²) in [7, 11) is 4.43. The van der Waals surface area contributed by atoms with Gasteiger partial charge < -0.3 is 19.3 Å². The van der Waals surface area contributed by atoms with Crippen LogP contribution in [0.4, 0.5) is 0 Å². The van der Waals surface area contributed by atoms with Crippen molar-refractivity contribution in [2.24, 2.45) is 0 Å². The van der Waals surface area contributed by atoms with E-state index in [2.05, 4.69) is 0 Å². The van der Waals surface area contributed by atoms with Crippen LogP contribution in [0.25, 0.3) is 6.08 Å². The fourth-order valence-electron chi connectivity index (χ4n) is 2.16. The number of allylic oxidation sites excluding steroid dienone is 1. The first-order valence-corrected chi connectivity index (χ1v) is 6.91. The first-order valence-electron chi connectivity index (χ1n) is 6.91. The van der Waals surface area contributed by atoms with E-state index in [4.69, 9.17) is 14.2 Å². The van der Waals surface area contributed by atoms with Crippen LogP contribution in [-0.4, -0.2) is 32.2 Å². The lowest BCUT2D eigenvalue weighted by Crippen LogP contribution is -1.98. The molecule has 0 spiro atoms. The lowest BCUT2D eigenvalue weighted by atomic mass is 10.1. The van der Waals surface area contributed by atoms with Gasteiger partial charge in [-0.25, -0.2) is 0 Å². The molecule has 0 heterocycles. The lowest BCUT2D eigenvalue weighted by Gasteiger charge is -2.10. The Hall–Kier alpha value is -2.95. The van der Waals surface area contributed by atoms with Gasteiger partial charge in [0.25, 0.3) is 0 Å². The molecular weight excluding hydrogens is 296 g/mol. The minimum absolute atomic E-state index is 0.0871. The van der Waals surface area contributed by atoms with Gasteiger partial charge in [0.2, 0.25) is 5.75 Å². The van der Waals surface area contributed by atoms with Crippen LogP contribution < -0.4 is 14.2 Å². The predicted octanol–water partition coefficient (Wildman–Crippen LogP) is 3.31. The van der Waals surface area contributed by atoms with Crippen LogP contribution in [0.5, 0.6) is 23.0 Å². The molecule has 0 saturated heterocycles. The Morgan fingerprint density at radius 1 is 0.957 bits per heavy atom. The molecule has 5 heteroatoms. The molecule has 0 fully saturated rings. The summed E-state index contributed by atoms with van der Waals surface area (Å²) in [4.78, 5) is 12.3. The number of hydrogen-bond donors (Lipinski definition) is 1. The van der Waals surface area contributed by atoms with Gasteiger partial charge in [0, 0.05) is 5.56 Å². The summed E-state index contributed by atoms with van der Waals surface area (Å²) in [6.07, 6.45) is 2.89. The second-order valence-electron chi connectivity index (χ2n) is 4.64. The number of hydrogen-bond acceptors (Lipinski definition) is 5. The summed E-state index contributed by atoms with van der Waals surface area (Å²) in [6.45, 7) is 0. The summed E-state index contributed by atoms with van der Waals surface area (Å²) in [6, 6.07) is 10.3. The summed E-state index contributed by atoms with van der Waals surface area (Å²) in [5, 5.41) is 10.2. The summed E-state index contributed by atoms with van der Waals surface area (Å²) in [5.41, 5.74) is 0.900. The molecule has 5 nitrogen and oxygen atoms in total. The number of aromatic hydroxyl groups is 1. The molecule has 0 bridgehead atoms. The van der Waals surface area contributed by atoms with Crippen molar-refractivity contribution < 1.29 is 24.1 Å². The number of carbonyl (C=O) groups excluding carboxylic acids is 1. The largest absolute Gasteiger partial charge is 0.504 e. The number of para-hydroxylation sites is 1. The minimum Gasteiger partial charge on any atom is -0.504 e. The molecule has 1 N–H and O–H groups in total. The molecule has 2 aromatic carbocycles. The molecule has 120 valence electrons. The normalized spacial score (nSPS) is 10.6. The van der Waals surface area contributed by atoms with Gasteiger partial charge in [0.1, 0.15) is 5.75 Å². The summed E-state index contributed by atoms with van der Waals surface area (Å²) >= 11 is 0. The summed E-state index contributed by atoms with van der Waals surface area (Å²) < 4.78 is 15.4. The zero-order valence-electron chi connectivity index (χ0n) is 13.2. The Balaban J connectivity index is 2.32. The van der Waals surface area contributed by atoms with Gasteiger partial charge in [0.15, 0.2) is 17.3 Å². The zero-order valence-corrected chi connectivity index (χ0v) is 13.2. The van der Waals surface area contributed by atoms with Gasteiger partial charge in [-0.3, -0.25) is 4.79 Å². The van der Waals surface area contributed by atoms with Gasteiger partial charge >= 0.3 is 0 Å². The number of ketones is 1. The highest BCUT2D eigenvalue weighted by molar-refractivity contribution is 6.08. The number of carbonyl (C=O) groups is 1. The number of ether oxygens (including phenoxy) is 3. The van der Waals surface area contributed by atoms with E-state index in [1.165, 1.54) is 33.5 Å². The third-order valence-electron chi connectivity index (χ3n) is 3.34. The predicted molar refractivity (Wildman–Crippen MR) is 87.6 cm³/mol. The average molecular weight is 314 g/mol. The van der Waals surface area contributed by atoms with Crippen molar-refractivity contribution in [1.82, 2.24) is 0 Å². The first-order chi connectivity index (χ1) is 11.1. The zero-order chi connectivity index (χ0) is 16.8. The molecule has 0 aliphatic heterocycles. The maximum absolute atomic E-state index is 12.3. The second kappa shape index (κ2) is 7.35. The molecule has 0 radical (unpaired) electrons. The second-order valence-corrected chi connectivity index (χ2v) is 4.64. The monoisotopic (exact) mass is 314 g/mol. The van der Waals surface area contributed by atoms with Crippen molar-refractivity contribution in [3.8, 4) is 23.0 Å². The standard InChI is InChI=1S/C18H18O5/c1-21-15-7-5-4-6-13(15)14(19)10-8-12-9-11-16(22-2)18(23-3)17(12)20/h4-11,20H,1-3H3. The Morgan fingerprint density at radius 2 is 1.65 bits per heavy atom. The fourth-order valence-corrected chi connectivity index (χ4v) is 2.16. The molecule has 0 unspecified atom stereocenters. The highest BCUT2D eigenvalue weighted by Gasteiger charge is 2.13. The van der Waals surface area contributed by atoms with Crippen LogP contribution in [0.1, 0.15) is 15.9 Å². The van der Waals surface area contributed by atoms with Crippen LogP contribution in [-0.2, 0) is 0 Å². The quantitative estimate of drug-likeness (QED) is 0.654. The Labute approximate surface area is 134 Å². The van der Waals surface area contributed by atoms with E-state index in [0.29, 0.717) is 22.6 Å². The number of rotatable bonds is 6. The van der Waals surface area contributed by atoms with E-state index < -0.39 is 0 Å². The molecule has 2 rings (SSSR count). The van der Waals surface area contributed by atoms with Gasteiger partial charge in [-0.15, -0.1) is 0 Å². The van der Waals surface area contributed by atoms with Gasteiger partial charge in [-0.1, -0.05) is 12.1 Å². The Bertz CT molecular complexity index is 734. The van der Waals surface area contributed by atoms with Crippen LogP contribution in [0.3, 0.4) is 0 Å². The van der Waals surface area contributed by atoms with Gasteiger partial charge in [-0.05, 0) is 36.4 Å². The highest BCUT2D eigenvalue weighted by Crippen LogP contribution is 2.39. The van der Waals surface area contributed by atoms with Crippen molar-refractivity contribution in [2.75, 3.05) is 21.3 Å². The SMILES string of the molecule is COc1ccccc1C(=O)C=Cc1ccc(OC)c(OC)c1O. The molecule has 0 aliphatic carbocycles. The molecule has 0 amide bonds. The number of methoxy groups -OCH3 is 3. The average Bonchev–Trinajstić information content (AvgIpc) is 2.59. The maximum Gasteiger partial charge on any atom is 0.203 e. The van der Waals surface area contributed by atoms with E-state index >= 15 is 0 Å². The van der Waals surface area contributed by atoms with Crippen molar-refractivity contribution in [3.05, 3.63) is 53.6 Å². The first kappa shape index (κ1) is 16.4. The van der Waals surface area contributed by atoms with E-state index in [0.717, 1.165) is 0 Å². The van der Waals surface area contributed by atoms with Crippen LogP contribution in [0.15, 0.2) is 42.5 Å².